The summed E-state index contributed by atoms with van der Waals surface area (Å²) in [6.45, 7) is 5.17. The van der Waals surface area contributed by atoms with E-state index >= 15 is 0 Å². The van der Waals surface area contributed by atoms with Crippen LogP contribution >= 0.6 is 54.5 Å². The van der Waals surface area contributed by atoms with Gasteiger partial charge in [-0.25, -0.2) is 9.97 Å². The van der Waals surface area contributed by atoms with Crippen molar-refractivity contribution in [2.45, 2.75) is 20.4 Å². The van der Waals surface area contributed by atoms with E-state index in [1.165, 1.54) is 4.43 Å². The predicted octanol–water partition coefficient (Wildman–Crippen LogP) is 4.28. The van der Waals surface area contributed by atoms with Crippen LogP contribution < -0.4 is 0 Å². The molecule has 2 heterocycles. The number of aryl methyl sites for hydroxylation is 1. The molecule has 2 rings (SSSR count). The van der Waals surface area contributed by atoms with E-state index in [1.54, 1.807) is 18.9 Å². The number of halogens is 3. The number of aromatic amines is 1. The summed E-state index contributed by atoms with van der Waals surface area (Å²) in [5.41, 5.74) is 0. The second kappa shape index (κ2) is 11.2. The van der Waals surface area contributed by atoms with Gasteiger partial charge in [0, 0.05) is 12.7 Å². The Bertz CT molecular complexity index is 375. The van der Waals surface area contributed by atoms with E-state index in [9.17, 15) is 0 Å². The standard InChI is InChI=1S/C5H7BrN2.C3H3BrN2.C2H5I/c1-2-8-3-5(6)7-4-8;4-3-1-5-2-6-3;1-2-3/h3-4H,2H2,1H3;1-2H,(H,5,6);2H2,1H3. The molecule has 0 fully saturated rings. The van der Waals surface area contributed by atoms with Crippen molar-refractivity contribution < 1.29 is 0 Å². The molecule has 0 saturated carbocycles. The summed E-state index contributed by atoms with van der Waals surface area (Å²) in [5.74, 6) is 0. The molecule has 0 aliphatic heterocycles. The fraction of sp³-hybridized carbons (Fsp3) is 0.400. The monoisotopic (exact) mass is 476 g/mol. The number of rotatable bonds is 1. The molecule has 1 N–H and O–H groups in total. The Balaban J connectivity index is 0.000000252. The van der Waals surface area contributed by atoms with Crippen molar-refractivity contribution in [2.75, 3.05) is 4.43 Å². The van der Waals surface area contributed by atoms with E-state index in [4.69, 9.17) is 0 Å². The average molecular weight is 478 g/mol. The van der Waals surface area contributed by atoms with Crippen LogP contribution in [0.1, 0.15) is 13.8 Å². The van der Waals surface area contributed by atoms with E-state index in [0.717, 1.165) is 15.8 Å². The molecule has 2 aromatic rings. The van der Waals surface area contributed by atoms with Gasteiger partial charge in [0.25, 0.3) is 0 Å². The molecule has 2 aromatic heterocycles. The van der Waals surface area contributed by atoms with Crippen molar-refractivity contribution in [3.8, 4) is 0 Å². The second-order valence-electron chi connectivity index (χ2n) is 2.69. The first kappa shape index (κ1) is 17.1. The van der Waals surface area contributed by atoms with Crippen LogP contribution in [-0.4, -0.2) is 23.9 Å². The molecule has 0 aromatic carbocycles. The molecule has 96 valence electrons. The fourth-order valence-electron chi connectivity index (χ4n) is 0.745. The largest absolute Gasteiger partial charge is 0.339 e. The minimum absolute atomic E-state index is 0.902. The van der Waals surface area contributed by atoms with Gasteiger partial charge >= 0.3 is 0 Å². The quantitative estimate of drug-likeness (QED) is 0.492. The summed E-state index contributed by atoms with van der Waals surface area (Å²) < 4.78 is 5.05. The first-order valence-electron chi connectivity index (χ1n) is 5.01. The lowest BCUT2D eigenvalue weighted by Gasteiger charge is -1.88. The number of imidazole rings is 2. The van der Waals surface area contributed by atoms with Gasteiger partial charge in [-0.1, -0.05) is 29.5 Å². The maximum atomic E-state index is 3.97. The van der Waals surface area contributed by atoms with E-state index in [2.05, 4.69) is 83.3 Å². The van der Waals surface area contributed by atoms with E-state index in [1.807, 2.05) is 10.8 Å². The zero-order valence-electron chi connectivity index (χ0n) is 9.70. The van der Waals surface area contributed by atoms with Crippen LogP contribution in [0.2, 0.25) is 0 Å². The van der Waals surface area contributed by atoms with Crippen molar-refractivity contribution in [2.24, 2.45) is 0 Å². The molecule has 0 aliphatic rings. The van der Waals surface area contributed by atoms with Gasteiger partial charge < -0.3 is 9.55 Å². The highest BCUT2D eigenvalue weighted by Gasteiger charge is 1.87. The lowest BCUT2D eigenvalue weighted by atomic mass is 10.7. The van der Waals surface area contributed by atoms with Gasteiger partial charge in [0.05, 0.1) is 18.9 Å². The van der Waals surface area contributed by atoms with Gasteiger partial charge in [0.1, 0.15) is 9.21 Å². The lowest BCUT2D eigenvalue weighted by molar-refractivity contribution is 0.761. The molecular formula is C10H15Br2IN4. The Hall–Kier alpha value is 0.110. The second-order valence-corrected chi connectivity index (χ2v) is 5.89. The average Bonchev–Trinajstić information content (AvgIpc) is 2.91. The number of hydrogen-bond donors (Lipinski definition) is 1. The highest BCUT2D eigenvalue weighted by atomic mass is 127. The predicted molar refractivity (Wildman–Crippen MR) is 86.4 cm³/mol. The number of hydrogen-bond acceptors (Lipinski definition) is 2. The summed E-state index contributed by atoms with van der Waals surface area (Å²) in [4.78, 5) is 10.5. The van der Waals surface area contributed by atoms with E-state index in [0.29, 0.717) is 0 Å². The van der Waals surface area contributed by atoms with Crippen molar-refractivity contribution in [1.29, 1.82) is 0 Å². The Morgan fingerprint density at radius 1 is 1.41 bits per heavy atom. The molecule has 0 spiro atoms. The van der Waals surface area contributed by atoms with Gasteiger partial charge in [0.2, 0.25) is 0 Å². The SMILES string of the molecule is Brc1cnc[nH]1.CCI.CCn1cnc(Br)c1. The highest BCUT2D eigenvalue weighted by molar-refractivity contribution is 14.1. The fourth-order valence-corrected chi connectivity index (χ4v) is 1.32. The first-order valence-corrected chi connectivity index (χ1v) is 8.12. The van der Waals surface area contributed by atoms with Crippen LogP contribution in [0.3, 0.4) is 0 Å². The molecule has 0 aliphatic carbocycles. The molecule has 0 bridgehead atoms. The molecule has 4 nitrogen and oxygen atoms in total. The minimum Gasteiger partial charge on any atom is -0.339 e. The van der Waals surface area contributed by atoms with Crippen LogP contribution in [-0.2, 0) is 6.54 Å². The van der Waals surface area contributed by atoms with Crippen LogP contribution in [0.4, 0.5) is 0 Å². The third kappa shape index (κ3) is 9.78. The maximum Gasteiger partial charge on any atom is 0.124 e. The summed E-state index contributed by atoms with van der Waals surface area (Å²) in [6, 6.07) is 0. The number of H-pyrrole nitrogens is 1. The zero-order valence-corrected chi connectivity index (χ0v) is 15.0. The molecule has 0 saturated heterocycles. The molecule has 0 amide bonds. The number of nitrogens with zero attached hydrogens (tertiary/aromatic N) is 3. The topological polar surface area (TPSA) is 46.5 Å². The van der Waals surface area contributed by atoms with Crippen LogP contribution in [0, 0.1) is 0 Å². The maximum absolute atomic E-state index is 3.97. The Labute approximate surface area is 132 Å². The molecular weight excluding hydrogens is 463 g/mol. The molecule has 17 heavy (non-hydrogen) atoms. The molecule has 0 atom stereocenters. The Morgan fingerprint density at radius 2 is 2.06 bits per heavy atom. The van der Waals surface area contributed by atoms with Gasteiger partial charge in [-0.15, -0.1) is 0 Å². The van der Waals surface area contributed by atoms with Crippen molar-refractivity contribution in [1.82, 2.24) is 19.5 Å². The summed E-state index contributed by atoms with van der Waals surface area (Å²) in [7, 11) is 0. The smallest absolute Gasteiger partial charge is 0.124 e. The third-order valence-corrected chi connectivity index (χ3v) is 2.27. The number of alkyl halides is 1. The Kier molecular flexibility index (Phi) is 11.3. The summed E-state index contributed by atoms with van der Waals surface area (Å²) in [6.07, 6.45) is 7.05. The van der Waals surface area contributed by atoms with Gasteiger partial charge in [0.15, 0.2) is 0 Å². The lowest BCUT2D eigenvalue weighted by Crippen LogP contribution is -1.86. The van der Waals surface area contributed by atoms with Gasteiger partial charge in [-0.3, -0.25) is 0 Å². The van der Waals surface area contributed by atoms with Crippen LogP contribution in [0.15, 0.2) is 34.3 Å². The molecule has 7 heteroatoms. The van der Waals surface area contributed by atoms with Crippen molar-refractivity contribution in [3.05, 3.63) is 34.3 Å². The number of nitrogens with one attached hydrogen (secondary N) is 1. The molecule has 0 radical (unpaired) electrons. The van der Waals surface area contributed by atoms with E-state index < -0.39 is 0 Å². The Morgan fingerprint density at radius 3 is 2.24 bits per heavy atom. The van der Waals surface area contributed by atoms with Crippen LogP contribution in [0.5, 0.6) is 0 Å². The summed E-state index contributed by atoms with van der Waals surface area (Å²) in [5, 5.41) is 0. The summed E-state index contributed by atoms with van der Waals surface area (Å²) >= 11 is 8.69. The number of aromatic nitrogens is 4. The normalized spacial score (nSPS) is 8.76. The molecule has 0 unspecified atom stereocenters. The first-order chi connectivity index (χ1) is 8.13. The van der Waals surface area contributed by atoms with Crippen molar-refractivity contribution >= 4 is 54.5 Å². The van der Waals surface area contributed by atoms with Crippen molar-refractivity contribution in [3.63, 3.8) is 0 Å². The third-order valence-electron chi connectivity index (χ3n) is 1.43. The van der Waals surface area contributed by atoms with Gasteiger partial charge in [-0.2, -0.15) is 0 Å². The zero-order chi connectivity index (χ0) is 13.1. The highest BCUT2D eigenvalue weighted by Crippen LogP contribution is 2.03. The van der Waals surface area contributed by atoms with Gasteiger partial charge in [-0.05, 0) is 43.2 Å². The van der Waals surface area contributed by atoms with Crippen LogP contribution in [0.25, 0.3) is 0 Å². The van der Waals surface area contributed by atoms with E-state index in [-0.39, 0.29) is 0 Å². The minimum atomic E-state index is 0.902.